The van der Waals surface area contributed by atoms with Crippen LogP contribution in [0.5, 0.6) is 0 Å². The van der Waals surface area contributed by atoms with Crippen molar-refractivity contribution in [3.05, 3.63) is 0 Å². The molecule has 4 amide bonds. The third-order valence-corrected chi connectivity index (χ3v) is 2.59. The Morgan fingerprint density at radius 1 is 1.33 bits per heavy atom. The zero-order valence-corrected chi connectivity index (χ0v) is 12.4. The number of amides is 4. The first-order chi connectivity index (χ1) is 9.67. The maximum absolute atomic E-state index is 11.6. The van der Waals surface area contributed by atoms with Gasteiger partial charge in [-0.2, -0.15) is 0 Å². The number of nitrogens with one attached hydrogen (secondary N) is 3. The molecule has 1 aliphatic heterocycles. The van der Waals surface area contributed by atoms with Crippen LogP contribution in [0.25, 0.3) is 0 Å². The Labute approximate surface area is 123 Å². The van der Waals surface area contributed by atoms with Crippen LogP contribution in [0.1, 0.15) is 40.0 Å². The molecule has 1 saturated heterocycles. The van der Waals surface area contributed by atoms with Crippen LogP contribution in [0.4, 0.5) is 4.79 Å². The van der Waals surface area contributed by atoms with Crippen molar-refractivity contribution in [3.63, 3.8) is 0 Å². The zero-order chi connectivity index (χ0) is 16.0. The average molecular weight is 299 g/mol. The average Bonchev–Trinajstić information content (AvgIpc) is 2.30. The van der Waals surface area contributed by atoms with E-state index in [1.165, 1.54) is 0 Å². The molecule has 8 heteroatoms. The van der Waals surface area contributed by atoms with Crippen molar-refractivity contribution in [3.8, 4) is 0 Å². The lowest BCUT2D eigenvalue weighted by Crippen LogP contribution is -2.52. The molecular weight excluding hydrogens is 278 g/mol. The molecule has 1 atom stereocenters. The summed E-state index contributed by atoms with van der Waals surface area (Å²) in [6.07, 6.45) is -0.0870. The summed E-state index contributed by atoms with van der Waals surface area (Å²) in [5.41, 5.74) is -0.598. The second-order valence-corrected chi connectivity index (χ2v) is 5.75. The molecule has 0 aromatic rings. The Bertz CT molecular complexity index is 442. The van der Waals surface area contributed by atoms with Crippen molar-refractivity contribution in [1.29, 1.82) is 0 Å². The third kappa shape index (κ3) is 6.73. The van der Waals surface area contributed by atoms with Crippen LogP contribution < -0.4 is 16.0 Å². The topological polar surface area (TPSA) is 114 Å². The SMILES string of the molecule is CC(C)(C)OC(=O)NCCC(=O)N[C@@H]1CCC(=O)NC1=O. The Morgan fingerprint density at radius 3 is 2.57 bits per heavy atom. The van der Waals surface area contributed by atoms with E-state index in [0.717, 1.165) is 0 Å². The minimum atomic E-state index is -0.697. The van der Waals surface area contributed by atoms with Gasteiger partial charge in [0.15, 0.2) is 0 Å². The molecule has 1 rings (SSSR count). The first-order valence-electron chi connectivity index (χ1n) is 6.77. The summed E-state index contributed by atoms with van der Waals surface area (Å²) in [5, 5.41) is 7.12. The number of alkyl carbamates (subject to hydrolysis) is 1. The van der Waals surface area contributed by atoms with Gasteiger partial charge in [-0.25, -0.2) is 4.79 Å². The van der Waals surface area contributed by atoms with Crippen molar-refractivity contribution in [1.82, 2.24) is 16.0 Å². The number of piperidine rings is 1. The van der Waals surface area contributed by atoms with Gasteiger partial charge in [-0.1, -0.05) is 0 Å². The molecule has 0 aromatic heterocycles. The van der Waals surface area contributed by atoms with Crippen LogP contribution in [0.3, 0.4) is 0 Å². The van der Waals surface area contributed by atoms with Gasteiger partial charge in [0.1, 0.15) is 11.6 Å². The molecule has 1 aliphatic rings. The van der Waals surface area contributed by atoms with Crippen molar-refractivity contribution in [2.24, 2.45) is 0 Å². The molecule has 1 heterocycles. The Balaban J connectivity index is 2.24. The van der Waals surface area contributed by atoms with Crippen LogP contribution >= 0.6 is 0 Å². The van der Waals surface area contributed by atoms with Gasteiger partial charge < -0.3 is 15.4 Å². The lowest BCUT2D eigenvalue weighted by atomic mass is 10.1. The van der Waals surface area contributed by atoms with Crippen LogP contribution in [0.15, 0.2) is 0 Å². The summed E-state index contributed by atoms with van der Waals surface area (Å²) in [6.45, 7) is 5.32. The minimum Gasteiger partial charge on any atom is -0.444 e. The van der Waals surface area contributed by atoms with Crippen molar-refractivity contribution < 1.29 is 23.9 Å². The summed E-state index contributed by atoms with van der Waals surface area (Å²) in [6, 6.07) is -0.697. The molecule has 0 aliphatic carbocycles. The van der Waals surface area contributed by atoms with Gasteiger partial charge in [0.05, 0.1) is 0 Å². The summed E-state index contributed by atoms with van der Waals surface area (Å²) in [5.74, 6) is -1.21. The first kappa shape index (κ1) is 16.9. The quantitative estimate of drug-likeness (QED) is 0.623. The van der Waals surface area contributed by atoms with Crippen LogP contribution in [-0.2, 0) is 19.1 Å². The van der Waals surface area contributed by atoms with Gasteiger partial charge in [-0.05, 0) is 27.2 Å². The molecular formula is C13H21N3O5. The fourth-order valence-electron chi connectivity index (χ4n) is 1.69. The monoisotopic (exact) mass is 299 g/mol. The minimum absolute atomic E-state index is 0.0248. The Hall–Kier alpha value is -2.12. The second kappa shape index (κ2) is 7.05. The lowest BCUT2D eigenvalue weighted by Gasteiger charge is -2.22. The molecule has 0 radical (unpaired) electrons. The van der Waals surface area contributed by atoms with Gasteiger partial charge in [0, 0.05) is 19.4 Å². The summed E-state index contributed by atoms with van der Waals surface area (Å²) in [7, 11) is 0. The van der Waals surface area contributed by atoms with Gasteiger partial charge >= 0.3 is 6.09 Å². The summed E-state index contributed by atoms with van der Waals surface area (Å²) < 4.78 is 5.01. The molecule has 8 nitrogen and oxygen atoms in total. The normalized spacial score (nSPS) is 18.7. The number of ether oxygens (including phenoxy) is 1. The van der Waals surface area contributed by atoms with Crippen LogP contribution in [0, 0.1) is 0 Å². The summed E-state index contributed by atoms with van der Waals surface area (Å²) in [4.78, 5) is 45.4. The van der Waals surface area contributed by atoms with E-state index in [2.05, 4.69) is 16.0 Å². The van der Waals surface area contributed by atoms with Gasteiger partial charge in [-0.3, -0.25) is 19.7 Å². The second-order valence-electron chi connectivity index (χ2n) is 5.75. The molecule has 0 saturated carbocycles. The van der Waals surface area contributed by atoms with Crippen LogP contribution in [-0.4, -0.2) is 42.0 Å². The molecule has 118 valence electrons. The first-order valence-corrected chi connectivity index (χ1v) is 6.77. The van der Waals surface area contributed by atoms with E-state index < -0.39 is 23.6 Å². The van der Waals surface area contributed by atoms with Crippen molar-refractivity contribution in [2.45, 2.75) is 51.7 Å². The van der Waals surface area contributed by atoms with E-state index in [-0.39, 0.29) is 37.6 Å². The highest BCUT2D eigenvalue weighted by atomic mass is 16.6. The molecule has 0 bridgehead atoms. The van der Waals surface area contributed by atoms with E-state index in [1.807, 2.05) is 0 Å². The number of hydrogen-bond donors (Lipinski definition) is 3. The van der Waals surface area contributed by atoms with E-state index in [4.69, 9.17) is 4.74 Å². The fraction of sp³-hybridized carbons (Fsp3) is 0.692. The smallest absolute Gasteiger partial charge is 0.407 e. The Morgan fingerprint density at radius 2 is 2.00 bits per heavy atom. The van der Waals surface area contributed by atoms with Gasteiger partial charge in [0.2, 0.25) is 17.7 Å². The lowest BCUT2D eigenvalue weighted by molar-refractivity contribution is -0.137. The third-order valence-electron chi connectivity index (χ3n) is 2.59. The number of carbonyl (C=O) groups is 4. The fourth-order valence-corrected chi connectivity index (χ4v) is 1.69. The maximum atomic E-state index is 11.6. The van der Waals surface area contributed by atoms with E-state index in [1.54, 1.807) is 20.8 Å². The number of hydrogen-bond acceptors (Lipinski definition) is 5. The molecule has 0 spiro atoms. The van der Waals surface area contributed by atoms with Crippen LogP contribution in [0.2, 0.25) is 0 Å². The molecule has 21 heavy (non-hydrogen) atoms. The van der Waals surface area contributed by atoms with Crippen molar-refractivity contribution >= 4 is 23.8 Å². The molecule has 0 unspecified atom stereocenters. The Kier molecular flexibility index (Phi) is 5.69. The maximum Gasteiger partial charge on any atom is 0.407 e. The number of carbonyl (C=O) groups excluding carboxylic acids is 4. The van der Waals surface area contributed by atoms with E-state index >= 15 is 0 Å². The largest absolute Gasteiger partial charge is 0.444 e. The predicted molar refractivity (Wildman–Crippen MR) is 73.2 cm³/mol. The highest BCUT2D eigenvalue weighted by Crippen LogP contribution is 2.06. The summed E-state index contributed by atoms with van der Waals surface area (Å²) >= 11 is 0. The zero-order valence-electron chi connectivity index (χ0n) is 12.4. The predicted octanol–water partition coefficient (Wildman–Crippen LogP) is -0.177. The molecule has 3 N–H and O–H groups in total. The van der Waals surface area contributed by atoms with Gasteiger partial charge in [0.25, 0.3) is 0 Å². The van der Waals surface area contributed by atoms with Crippen molar-refractivity contribution in [2.75, 3.05) is 6.54 Å². The van der Waals surface area contributed by atoms with Gasteiger partial charge in [-0.15, -0.1) is 0 Å². The number of rotatable bonds is 4. The highest BCUT2D eigenvalue weighted by Gasteiger charge is 2.27. The van der Waals surface area contributed by atoms with E-state index in [0.29, 0.717) is 0 Å². The molecule has 0 aromatic carbocycles. The highest BCUT2D eigenvalue weighted by molar-refractivity contribution is 6.01. The molecule has 1 fully saturated rings. The number of imide groups is 1. The standard InChI is InChI=1S/C13H21N3O5/c1-13(2,3)21-12(20)14-7-6-10(18)15-8-4-5-9(17)16-11(8)19/h8H,4-7H2,1-3H3,(H,14,20)(H,15,18)(H,16,17,19)/t8-/m1/s1. The van der Waals surface area contributed by atoms with E-state index in [9.17, 15) is 19.2 Å².